The Morgan fingerprint density at radius 3 is 2.44 bits per heavy atom. The average Bonchev–Trinajstić information content (AvgIpc) is 2.95. The van der Waals surface area contributed by atoms with Crippen molar-refractivity contribution in [3.05, 3.63) is 59.7 Å². The Morgan fingerprint density at radius 1 is 1.28 bits per heavy atom. The minimum atomic E-state index is -0.333. The Labute approximate surface area is 156 Å². The fourth-order valence-corrected chi connectivity index (χ4v) is 3.47. The Morgan fingerprint density at radius 2 is 1.88 bits per heavy atom. The summed E-state index contributed by atoms with van der Waals surface area (Å²) in [6.45, 7) is 9.58. The average molecular weight is 361 g/mol. The number of rotatable bonds is 6. The lowest BCUT2D eigenvalue weighted by molar-refractivity contribution is 0.645. The molecular weight excluding hydrogens is 331 g/mol. The van der Waals surface area contributed by atoms with Gasteiger partial charge < -0.3 is 10.3 Å². The van der Waals surface area contributed by atoms with Crippen LogP contribution in [0.25, 0.3) is 0 Å². The second-order valence-corrected chi connectivity index (χ2v) is 6.43. The van der Waals surface area contributed by atoms with Gasteiger partial charge in [0.25, 0.3) is 0 Å². The fraction of sp³-hybridized carbons (Fsp3) is 0.333. The first kappa shape index (κ1) is 23.0. The highest BCUT2D eigenvalue weighted by atomic mass is 32.2. The Bertz CT molecular complexity index is 655. The molecule has 136 valence electrons. The number of nitrogens with one attached hydrogen (secondary N) is 2. The van der Waals surface area contributed by atoms with Crippen LogP contribution in [-0.2, 0) is 12.8 Å². The topological polar surface area (TPSA) is 27.8 Å². The van der Waals surface area contributed by atoms with Crippen LogP contribution in [0.15, 0.2) is 52.7 Å². The van der Waals surface area contributed by atoms with Crippen molar-refractivity contribution in [3.8, 4) is 12.8 Å². The molecule has 0 radical (unpaired) electrons. The predicted octanol–water partition coefficient (Wildman–Crippen LogP) is 5.54. The van der Waals surface area contributed by atoms with Crippen molar-refractivity contribution in [2.24, 2.45) is 0 Å². The van der Waals surface area contributed by atoms with E-state index in [0.29, 0.717) is 0 Å². The van der Waals surface area contributed by atoms with Crippen molar-refractivity contribution in [2.75, 3.05) is 13.6 Å². The molecule has 25 heavy (non-hydrogen) atoms. The maximum atomic E-state index is 10.8. The quantitative estimate of drug-likeness (QED) is 0.662. The monoisotopic (exact) mass is 360 g/mol. The standard InChI is InChI=1S/C16H22N2S.C3H5F.C2H2/c1-4-14-12(2)18-11-16(14)19-15-8-6-5-7-13(15)9-10-17-3;1-3(2)4;1-2/h5-8,11,17-18H,4,9-10H2,1-3H3;1H2,2H3;1-2H. The molecule has 2 rings (SSSR count). The molecular formula is C21H29FN2S. The summed E-state index contributed by atoms with van der Waals surface area (Å²) < 4.78 is 10.8. The van der Waals surface area contributed by atoms with Crippen LogP contribution in [0, 0.1) is 19.8 Å². The third-order valence-electron chi connectivity index (χ3n) is 3.36. The smallest absolute Gasteiger partial charge is 0.0897 e. The molecule has 0 fully saturated rings. The van der Waals surface area contributed by atoms with Crippen molar-refractivity contribution in [2.45, 2.75) is 43.4 Å². The summed E-state index contributed by atoms with van der Waals surface area (Å²) in [4.78, 5) is 6.06. The number of aromatic amines is 1. The van der Waals surface area contributed by atoms with E-state index in [0.717, 1.165) is 19.4 Å². The molecule has 2 aromatic rings. The number of benzene rings is 1. The molecule has 1 heterocycles. The molecule has 0 aliphatic carbocycles. The van der Waals surface area contributed by atoms with Gasteiger partial charge in [-0.3, -0.25) is 0 Å². The summed E-state index contributed by atoms with van der Waals surface area (Å²) in [7, 11) is 2.00. The van der Waals surface area contributed by atoms with E-state index in [1.54, 1.807) is 0 Å². The van der Waals surface area contributed by atoms with Gasteiger partial charge in [0.1, 0.15) is 0 Å². The Hall–Kier alpha value is -1.96. The van der Waals surface area contributed by atoms with E-state index < -0.39 is 0 Å². The van der Waals surface area contributed by atoms with Gasteiger partial charge in [0, 0.05) is 21.7 Å². The van der Waals surface area contributed by atoms with Crippen LogP contribution >= 0.6 is 11.8 Å². The van der Waals surface area contributed by atoms with Gasteiger partial charge in [-0.15, -0.1) is 12.8 Å². The molecule has 0 aliphatic rings. The predicted molar refractivity (Wildman–Crippen MR) is 109 cm³/mol. The second-order valence-electron chi connectivity index (χ2n) is 5.35. The molecule has 0 saturated carbocycles. The number of aryl methyl sites for hydroxylation is 1. The minimum absolute atomic E-state index is 0.333. The summed E-state index contributed by atoms with van der Waals surface area (Å²) in [6, 6.07) is 8.69. The van der Waals surface area contributed by atoms with Gasteiger partial charge in [-0.25, -0.2) is 4.39 Å². The van der Waals surface area contributed by atoms with E-state index in [-0.39, 0.29) is 5.83 Å². The zero-order valence-corrected chi connectivity index (χ0v) is 16.5. The van der Waals surface area contributed by atoms with E-state index in [4.69, 9.17) is 0 Å². The normalized spacial score (nSPS) is 9.40. The first-order valence-corrected chi connectivity index (χ1v) is 9.02. The summed E-state index contributed by atoms with van der Waals surface area (Å²) >= 11 is 1.88. The van der Waals surface area contributed by atoms with E-state index in [2.05, 4.69) is 74.0 Å². The van der Waals surface area contributed by atoms with Gasteiger partial charge in [-0.2, -0.15) is 0 Å². The maximum absolute atomic E-state index is 10.8. The van der Waals surface area contributed by atoms with Gasteiger partial charge in [-0.05, 0) is 57.5 Å². The lowest BCUT2D eigenvalue weighted by Crippen LogP contribution is -2.10. The highest BCUT2D eigenvalue weighted by molar-refractivity contribution is 7.99. The largest absolute Gasteiger partial charge is 0.364 e. The van der Waals surface area contributed by atoms with Crippen LogP contribution in [0.4, 0.5) is 4.39 Å². The van der Waals surface area contributed by atoms with Crippen molar-refractivity contribution >= 4 is 11.8 Å². The van der Waals surface area contributed by atoms with Crippen LogP contribution in [-0.4, -0.2) is 18.6 Å². The van der Waals surface area contributed by atoms with Gasteiger partial charge in [0.15, 0.2) is 0 Å². The van der Waals surface area contributed by atoms with E-state index in [1.165, 1.54) is 33.5 Å². The van der Waals surface area contributed by atoms with Crippen LogP contribution in [0.3, 0.4) is 0 Å². The number of terminal acetylenes is 1. The zero-order valence-electron chi connectivity index (χ0n) is 15.7. The van der Waals surface area contributed by atoms with Gasteiger partial charge in [0.05, 0.1) is 5.83 Å². The van der Waals surface area contributed by atoms with Gasteiger partial charge in [-0.1, -0.05) is 43.5 Å². The molecule has 0 aliphatic heterocycles. The molecule has 4 heteroatoms. The van der Waals surface area contributed by atoms with Gasteiger partial charge in [0.2, 0.25) is 0 Å². The van der Waals surface area contributed by atoms with Gasteiger partial charge >= 0.3 is 0 Å². The molecule has 2 nitrogen and oxygen atoms in total. The third-order valence-corrected chi connectivity index (χ3v) is 4.56. The number of H-pyrrole nitrogens is 1. The van der Waals surface area contributed by atoms with Crippen molar-refractivity contribution in [1.29, 1.82) is 0 Å². The van der Waals surface area contributed by atoms with E-state index in [1.807, 2.05) is 18.8 Å². The molecule has 0 spiro atoms. The molecule has 0 saturated heterocycles. The second kappa shape index (κ2) is 13.3. The van der Waals surface area contributed by atoms with E-state index in [9.17, 15) is 4.39 Å². The van der Waals surface area contributed by atoms with Crippen LogP contribution < -0.4 is 5.32 Å². The van der Waals surface area contributed by atoms with Crippen molar-refractivity contribution in [1.82, 2.24) is 10.3 Å². The third kappa shape index (κ3) is 8.62. The summed E-state index contributed by atoms with van der Waals surface area (Å²) in [5, 5.41) is 3.22. The van der Waals surface area contributed by atoms with Crippen molar-refractivity contribution in [3.63, 3.8) is 0 Å². The zero-order chi connectivity index (χ0) is 19.2. The molecule has 0 unspecified atom stereocenters. The summed E-state index contributed by atoms with van der Waals surface area (Å²) in [5.41, 5.74) is 4.15. The Kier molecular flexibility index (Phi) is 12.3. The van der Waals surface area contributed by atoms with Crippen LogP contribution in [0.2, 0.25) is 0 Å². The number of halogens is 1. The number of likely N-dealkylation sites (N-methyl/N-ethyl adjacent to an activating group) is 1. The molecule has 0 atom stereocenters. The summed E-state index contributed by atoms with van der Waals surface area (Å²) in [6.07, 6.45) is 12.3. The van der Waals surface area contributed by atoms with E-state index >= 15 is 0 Å². The summed E-state index contributed by atoms with van der Waals surface area (Å²) in [5.74, 6) is -0.333. The van der Waals surface area contributed by atoms with Crippen molar-refractivity contribution < 1.29 is 4.39 Å². The molecule has 0 amide bonds. The number of aromatic nitrogens is 1. The highest BCUT2D eigenvalue weighted by Gasteiger charge is 2.10. The first-order chi connectivity index (χ1) is 12.0. The lowest BCUT2D eigenvalue weighted by atomic mass is 10.1. The Balaban J connectivity index is 0.000000845. The maximum Gasteiger partial charge on any atom is 0.0897 e. The lowest BCUT2D eigenvalue weighted by Gasteiger charge is -2.09. The number of hydrogen-bond acceptors (Lipinski definition) is 2. The van der Waals surface area contributed by atoms with Crippen LogP contribution in [0.1, 0.15) is 30.7 Å². The molecule has 1 aromatic carbocycles. The van der Waals surface area contributed by atoms with Crippen LogP contribution in [0.5, 0.6) is 0 Å². The molecule has 2 N–H and O–H groups in total. The fourth-order valence-electron chi connectivity index (χ4n) is 2.25. The number of hydrogen-bond donors (Lipinski definition) is 2. The molecule has 0 bridgehead atoms. The number of allylic oxidation sites excluding steroid dienone is 1. The SMILES string of the molecule is C#C.C=C(C)F.CCc1c(Sc2ccccc2CCNC)c[nH]c1C. The first-order valence-electron chi connectivity index (χ1n) is 8.21. The highest BCUT2D eigenvalue weighted by Crippen LogP contribution is 2.34. The minimum Gasteiger partial charge on any atom is -0.364 e. The molecule has 1 aromatic heterocycles.